The fraction of sp³-hybridized carbons (Fsp3) is 0.429. The number of aromatic amines is 1. The number of aromatic nitrogens is 5. The molecule has 0 saturated carbocycles. The van der Waals surface area contributed by atoms with Gasteiger partial charge in [-0.15, -0.1) is 11.3 Å². The molecule has 172 valence electrons. The van der Waals surface area contributed by atoms with Crippen molar-refractivity contribution >= 4 is 34.2 Å². The van der Waals surface area contributed by atoms with Gasteiger partial charge >= 0.3 is 0 Å². The number of likely N-dealkylation sites (tertiary alicyclic amines) is 1. The fourth-order valence-electron chi connectivity index (χ4n) is 4.50. The number of amides is 2. The highest BCUT2D eigenvalue weighted by atomic mass is 32.1. The van der Waals surface area contributed by atoms with Crippen molar-refractivity contribution in [3.05, 3.63) is 34.1 Å². The van der Waals surface area contributed by atoms with E-state index in [0.29, 0.717) is 48.1 Å². The first kappa shape index (κ1) is 21.5. The first-order valence-electron chi connectivity index (χ1n) is 10.6. The van der Waals surface area contributed by atoms with Crippen molar-refractivity contribution in [3.63, 3.8) is 0 Å². The van der Waals surface area contributed by atoms with Gasteiger partial charge in [0.25, 0.3) is 5.91 Å². The van der Waals surface area contributed by atoms with Crippen LogP contribution in [0.25, 0.3) is 11.4 Å². The molecule has 12 heteroatoms. The van der Waals surface area contributed by atoms with Crippen LogP contribution in [0, 0.1) is 0 Å². The number of nitrogen functional groups attached to an aromatic ring is 1. The molecule has 33 heavy (non-hydrogen) atoms. The molecule has 0 unspecified atom stereocenters. The molecule has 1 aliphatic carbocycles. The van der Waals surface area contributed by atoms with Crippen LogP contribution in [0.2, 0.25) is 0 Å². The summed E-state index contributed by atoms with van der Waals surface area (Å²) in [7, 11) is 0. The lowest BCUT2D eigenvalue weighted by atomic mass is 9.73. The van der Waals surface area contributed by atoms with Crippen molar-refractivity contribution < 1.29 is 14.7 Å². The molecule has 0 radical (unpaired) electrons. The van der Waals surface area contributed by atoms with Gasteiger partial charge in [-0.3, -0.25) is 20.0 Å². The monoisotopic (exact) mass is 468 g/mol. The molecule has 4 heterocycles. The minimum atomic E-state index is -0.460. The average Bonchev–Trinajstić information content (AvgIpc) is 3.48. The molecule has 11 nitrogen and oxygen atoms in total. The van der Waals surface area contributed by atoms with Gasteiger partial charge in [-0.1, -0.05) is 13.8 Å². The van der Waals surface area contributed by atoms with Crippen LogP contribution < -0.4 is 11.1 Å². The van der Waals surface area contributed by atoms with Gasteiger partial charge in [0.05, 0.1) is 29.6 Å². The average molecular weight is 469 g/mol. The number of thiazole rings is 1. The van der Waals surface area contributed by atoms with Crippen LogP contribution in [0.15, 0.2) is 11.6 Å². The van der Waals surface area contributed by atoms with Crippen molar-refractivity contribution in [1.29, 1.82) is 0 Å². The van der Waals surface area contributed by atoms with Crippen molar-refractivity contribution in [1.82, 2.24) is 30.0 Å². The number of aliphatic hydroxyl groups is 1. The molecule has 1 atom stereocenters. The zero-order valence-corrected chi connectivity index (χ0v) is 19.1. The molecule has 5 rings (SSSR count). The molecule has 0 bridgehead atoms. The molecular weight excluding hydrogens is 444 g/mol. The second-order valence-electron chi connectivity index (χ2n) is 9.04. The van der Waals surface area contributed by atoms with Crippen LogP contribution in [0.3, 0.4) is 0 Å². The highest BCUT2D eigenvalue weighted by Gasteiger charge is 2.38. The van der Waals surface area contributed by atoms with E-state index in [4.69, 9.17) is 5.73 Å². The van der Waals surface area contributed by atoms with E-state index in [1.165, 1.54) is 11.3 Å². The van der Waals surface area contributed by atoms with E-state index in [-0.39, 0.29) is 35.3 Å². The molecule has 5 N–H and O–H groups in total. The number of H-pyrrole nitrogens is 1. The fourth-order valence-corrected chi connectivity index (χ4v) is 5.21. The van der Waals surface area contributed by atoms with Gasteiger partial charge < -0.3 is 15.7 Å². The van der Waals surface area contributed by atoms with Crippen LogP contribution in [0.1, 0.15) is 47.6 Å². The van der Waals surface area contributed by atoms with Crippen LogP contribution in [-0.2, 0) is 23.1 Å². The van der Waals surface area contributed by atoms with Crippen LogP contribution in [0.4, 0.5) is 11.1 Å². The molecule has 1 aliphatic heterocycles. The standard InChI is InChI=1S/C21H24N8O3S/c1-21(2)6-10-7-23-19(22)25-15(10)16-14(21)17(28-27-16)18(32)26-20-24-11(9-33-20)5-13(31)29-4-3-12(30)8-29/h7,9,12,30H,3-6,8H2,1-2H3,(H,27,28)(H2,22,23,25)(H,24,26,32)/t12-/m0/s1. The molecule has 3 aromatic heterocycles. The van der Waals surface area contributed by atoms with Gasteiger partial charge in [0.2, 0.25) is 11.9 Å². The molecule has 2 amide bonds. The Labute approximate surface area is 193 Å². The first-order chi connectivity index (χ1) is 15.7. The normalized spacial score (nSPS) is 18.6. The maximum Gasteiger partial charge on any atom is 0.278 e. The van der Waals surface area contributed by atoms with Gasteiger partial charge in [-0.25, -0.2) is 15.0 Å². The topological polar surface area (TPSA) is 163 Å². The SMILES string of the molecule is CC1(C)Cc2cnc(N)nc2-c2[nH]nc(C(=O)Nc3nc(CC(=O)N4CC[C@H](O)C4)cs3)c21. The number of aliphatic hydroxyl groups excluding tert-OH is 1. The lowest BCUT2D eigenvalue weighted by molar-refractivity contribution is -0.129. The number of carbonyl (C=O) groups excluding carboxylic acids is 2. The number of nitrogens with zero attached hydrogens (tertiary/aromatic N) is 5. The highest BCUT2D eigenvalue weighted by Crippen LogP contribution is 2.42. The van der Waals surface area contributed by atoms with Gasteiger partial charge in [0, 0.05) is 30.2 Å². The van der Waals surface area contributed by atoms with Gasteiger partial charge in [0.15, 0.2) is 10.8 Å². The molecule has 3 aromatic rings. The number of hydrogen-bond acceptors (Lipinski definition) is 9. The molecule has 2 aliphatic rings. The largest absolute Gasteiger partial charge is 0.391 e. The van der Waals surface area contributed by atoms with Crippen LogP contribution in [-0.4, -0.2) is 66.2 Å². The highest BCUT2D eigenvalue weighted by molar-refractivity contribution is 7.14. The summed E-state index contributed by atoms with van der Waals surface area (Å²) in [5.74, 6) is -0.313. The Hall–Kier alpha value is -3.38. The van der Waals surface area contributed by atoms with Crippen molar-refractivity contribution in [2.75, 3.05) is 24.1 Å². The van der Waals surface area contributed by atoms with Crippen LogP contribution in [0.5, 0.6) is 0 Å². The summed E-state index contributed by atoms with van der Waals surface area (Å²) in [5, 5.41) is 21.8. The molecular formula is C21H24N8O3S. The lowest BCUT2D eigenvalue weighted by Crippen LogP contribution is -2.31. The predicted octanol–water partition coefficient (Wildman–Crippen LogP) is 1.13. The molecule has 1 saturated heterocycles. The van der Waals surface area contributed by atoms with E-state index in [2.05, 4.69) is 30.5 Å². The second-order valence-corrected chi connectivity index (χ2v) is 9.90. The van der Waals surface area contributed by atoms with E-state index in [1.807, 2.05) is 13.8 Å². The van der Waals surface area contributed by atoms with Crippen LogP contribution >= 0.6 is 11.3 Å². The zero-order valence-electron chi connectivity index (χ0n) is 18.3. The van der Waals surface area contributed by atoms with Crippen molar-refractivity contribution in [2.45, 2.75) is 44.6 Å². The first-order valence-corrected chi connectivity index (χ1v) is 11.5. The summed E-state index contributed by atoms with van der Waals surface area (Å²) in [6.45, 7) is 4.99. The van der Waals surface area contributed by atoms with Gasteiger partial charge in [-0.05, 0) is 23.8 Å². The van der Waals surface area contributed by atoms with Gasteiger partial charge in [0.1, 0.15) is 0 Å². The molecule has 0 aromatic carbocycles. The minimum Gasteiger partial charge on any atom is -0.391 e. The van der Waals surface area contributed by atoms with E-state index >= 15 is 0 Å². The van der Waals surface area contributed by atoms with Crippen molar-refractivity contribution in [3.8, 4) is 11.4 Å². The predicted molar refractivity (Wildman–Crippen MR) is 122 cm³/mol. The van der Waals surface area contributed by atoms with E-state index in [0.717, 1.165) is 11.1 Å². The molecule has 0 spiro atoms. The number of β-amino-alcohol motifs (C(OH)–C–C–N with tert-alkyl or cyclic N) is 1. The number of rotatable bonds is 4. The maximum absolute atomic E-state index is 13.1. The summed E-state index contributed by atoms with van der Waals surface area (Å²) in [6, 6.07) is 0. The Morgan fingerprint density at radius 3 is 2.97 bits per heavy atom. The number of hydrogen-bond donors (Lipinski definition) is 4. The smallest absolute Gasteiger partial charge is 0.278 e. The maximum atomic E-state index is 13.1. The third kappa shape index (κ3) is 3.95. The summed E-state index contributed by atoms with van der Waals surface area (Å²) in [4.78, 5) is 40.0. The quantitative estimate of drug-likeness (QED) is 0.443. The Balaban J connectivity index is 1.34. The van der Waals surface area contributed by atoms with Crippen molar-refractivity contribution in [2.24, 2.45) is 0 Å². The number of nitrogens with one attached hydrogen (secondary N) is 2. The Bertz CT molecular complexity index is 1250. The number of anilines is 2. The summed E-state index contributed by atoms with van der Waals surface area (Å²) < 4.78 is 0. The Morgan fingerprint density at radius 2 is 2.21 bits per heavy atom. The van der Waals surface area contributed by atoms with E-state index < -0.39 is 6.10 Å². The number of carbonyl (C=O) groups is 2. The number of fused-ring (bicyclic) bond motifs is 3. The third-order valence-corrected chi connectivity index (χ3v) is 6.84. The third-order valence-electron chi connectivity index (χ3n) is 6.03. The minimum absolute atomic E-state index is 0.0854. The Morgan fingerprint density at radius 1 is 1.39 bits per heavy atom. The lowest BCUT2D eigenvalue weighted by Gasteiger charge is -2.31. The summed E-state index contributed by atoms with van der Waals surface area (Å²) in [6.07, 6.45) is 2.62. The van der Waals surface area contributed by atoms with E-state index in [1.54, 1.807) is 16.5 Å². The van der Waals surface area contributed by atoms with Gasteiger partial charge in [-0.2, -0.15) is 5.10 Å². The molecule has 1 fully saturated rings. The van der Waals surface area contributed by atoms with E-state index in [9.17, 15) is 14.7 Å². The Kier molecular flexibility index (Phi) is 5.13. The number of nitrogens with two attached hydrogens (primary N) is 1. The zero-order chi connectivity index (χ0) is 23.3. The summed E-state index contributed by atoms with van der Waals surface area (Å²) in [5.41, 5.74) is 9.29. The second kappa shape index (κ2) is 7.89. The summed E-state index contributed by atoms with van der Waals surface area (Å²) >= 11 is 1.25.